The Labute approximate surface area is 103 Å². The minimum Gasteiger partial charge on any atom is -0.344 e. The molecule has 0 aromatic carbocycles. The van der Waals surface area contributed by atoms with Crippen LogP contribution in [0.25, 0.3) is 0 Å². The maximum Gasteiger partial charge on any atom is 0.163 e. The number of hydrogen-bond donors (Lipinski definition) is 0. The number of rotatable bonds is 0. The maximum absolute atomic E-state index is 6.00. The fourth-order valence-corrected chi connectivity index (χ4v) is 3.34. The van der Waals surface area contributed by atoms with E-state index in [4.69, 9.17) is 18.9 Å². The highest BCUT2D eigenvalue weighted by atomic mass is 16.8. The van der Waals surface area contributed by atoms with Gasteiger partial charge in [-0.25, -0.2) is 0 Å². The van der Waals surface area contributed by atoms with Gasteiger partial charge in [-0.3, -0.25) is 0 Å². The minimum absolute atomic E-state index is 0.000486. The molecule has 1 aliphatic carbocycles. The summed E-state index contributed by atoms with van der Waals surface area (Å²) in [5, 5.41) is 0. The first-order valence-electron chi connectivity index (χ1n) is 6.49. The van der Waals surface area contributed by atoms with Crippen molar-refractivity contribution in [1.29, 1.82) is 0 Å². The van der Waals surface area contributed by atoms with E-state index in [0.29, 0.717) is 5.92 Å². The molecule has 3 aliphatic rings. The van der Waals surface area contributed by atoms with E-state index in [9.17, 15) is 0 Å². The van der Waals surface area contributed by atoms with Gasteiger partial charge in [-0.1, -0.05) is 6.92 Å². The summed E-state index contributed by atoms with van der Waals surface area (Å²) in [6.45, 7) is 10.1. The van der Waals surface area contributed by atoms with Crippen molar-refractivity contribution in [2.45, 2.75) is 77.0 Å². The highest BCUT2D eigenvalue weighted by molar-refractivity contribution is 5.01. The van der Waals surface area contributed by atoms with Crippen molar-refractivity contribution in [2.24, 2.45) is 5.92 Å². The molecule has 5 atom stereocenters. The van der Waals surface area contributed by atoms with Crippen LogP contribution in [-0.2, 0) is 18.9 Å². The third-order valence-electron chi connectivity index (χ3n) is 3.87. The molecule has 0 radical (unpaired) electrons. The van der Waals surface area contributed by atoms with Gasteiger partial charge in [0.25, 0.3) is 0 Å². The van der Waals surface area contributed by atoms with E-state index in [0.717, 1.165) is 6.42 Å². The van der Waals surface area contributed by atoms with Gasteiger partial charge in [0.2, 0.25) is 0 Å². The third-order valence-corrected chi connectivity index (χ3v) is 3.87. The Kier molecular flexibility index (Phi) is 2.41. The van der Waals surface area contributed by atoms with Crippen LogP contribution in [-0.4, -0.2) is 36.0 Å². The summed E-state index contributed by atoms with van der Waals surface area (Å²) in [5.74, 6) is -0.560. The van der Waals surface area contributed by atoms with E-state index in [-0.39, 0.29) is 24.4 Å². The monoisotopic (exact) mass is 242 g/mol. The number of ether oxygens (including phenoxy) is 4. The molecule has 0 spiro atoms. The van der Waals surface area contributed by atoms with E-state index in [1.54, 1.807) is 0 Å². The summed E-state index contributed by atoms with van der Waals surface area (Å²) in [7, 11) is 0. The van der Waals surface area contributed by atoms with Gasteiger partial charge in [-0.2, -0.15) is 0 Å². The van der Waals surface area contributed by atoms with Gasteiger partial charge in [-0.05, 0) is 40.0 Å². The van der Waals surface area contributed by atoms with Crippen LogP contribution in [0.5, 0.6) is 0 Å². The molecule has 2 heterocycles. The van der Waals surface area contributed by atoms with Crippen molar-refractivity contribution in [3.63, 3.8) is 0 Å². The van der Waals surface area contributed by atoms with Crippen molar-refractivity contribution >= 4 is 0 Å². The van der Waals surface area contributed by atoms with E-state index < -0.39 is 11.6 Å². The predicted octanol–water partition coefficient (Wildman–Crippen LogP) is 2.07. The smallest absolute Gasteiger partial charge is 0.163 e. The highest BCUT2D eigenvalue weighted by Gasteiger charge is 2.58. The molecular weight excluding hydrogens is 220 g/mol. The second kappa shape index (κ2) is 3.44. The van der Waals surface area contributed by atoms with Gasteiger partial charge < -0.3 is 18.9 Å². The Bertz CT molecular complexity index is 325. The lowest BCUT2D eigenvalue weighted by Crippen LogP contribution is -2.50. The molecule has 1 saturated carbocycles. The average molecular weight is 242 g/mol. The Morgan fingerprint density at radius 1 is 0.765 bits per heavy atom. The minimum atomic E-state index is -0.505. The molecular formula is C13H22O4. The van der Waals surface area contributed by atoms with Crippen LogP contribution in [0.1, 0.15) is 41.0 Å². The summed E-state index contributed by atoms with van der Waals surface area (Å²) in [6, 6.07) is 0. The molecule has 0 bridgehead atoms. The van der Waals surface area contributed by atoms with Crippen LogP contribution in [0, 0.1) is 5.92 Å². The van der Waals surface area contributed by atoms with Crippen LogP contribution in [0.4, 0.5) is 0 Å². The van der Waals surface area contributed by atoms with Crippen molar-refractivity contribution in [3.05, 3.63) is 0 Å². The van der Waals surface area contributed by atoms with E-state index in [2.05, 4.69) is 6.92 Å². The molecule has 98 valence electrons. The second-order valence-electron chi connectivity index (χ2n) is 6.42. The van der Waals surface area contributed by atoms with Gasteiger partial charge in [0.05, 0.1) is 12.2 Å². The van der Waals surface area contributed by atoms with Gasteiger partial charge in [-0.15, -0.1) is 0 Å². The van der Waals surface area contributed by atoms with E-state index >= 15 is 0 Å². The van der Waals surface area contributed by atoms with Crippen molar-refractivity contribution in [2.75, 3.05) is 0 Å². The topological polar surface area (TPSA) is 36.9 Å². The quantitative estimate of drug-likeness (QED) is 0.651. The Morgan fingerprint density at radius 3 is 2.00 bits per heavy atom. The molecule has 2 saturated heterocycles. The van der Waals surface area contributed by atoms with Crippen molar-refractivity contribution in [3.8, 4) is 0 Å². The Morgan fingerprint density at radius 2 is 1.29 bits per heavy atom. The molecule has 3 rings (SSSR count). The SMILES string of the molecule is C[C@@H]1C[C@H]2OC(C)(C)O[C@H]2[C@@H]2OC(C)(C)O[C@@H]21. The Hall–Kier alpha value is -0.160. The summed E-state index contributed by atoms with van der Waals surface area (Å²) in [6.07, 6.45) is 1.25. The van der Waals surface area contributed by atoms with Gasteiger partial charge in [0.15, 0.2) is 11.6 Å². The van der Waals surface area contributed by atoms with Gasteiger partial charge in [0, 0.05) is 0 Å². The van der Waals surface area contributed by atoms with E-state index in [1.165, 1.54) is 0 Å². The number of fused-ring (bicyclic) bond motifs is 3. The molecule has 0 unspecified atom stereocenters. The maximum atomic E-state index is 6.00. The van der Waals surface area contributed by atoms with E-state index in [1.807, 2.05) is 27.7 Å². The molecule has 0 aromatic heterocycles. The summed E-state index contributed by atoms with van der Waals surface area (Å²) < 4.78 is 23.9. The zero-order chi connectivity index (χ0) is 12.4. The molecule has 0 amide bonds. The van der Waals surface area contributed by atoms with Crippen LogP contribution in [0.2, 0.25) is 0 Å². The van der Waals surface area contributed by atoms with Crippen LogP contribution >= 0.6 is 0 Å². The lowest BCUT2D eigenvalue weighted by Gasteiger charge is -2.35. The lowest BCUT2D eigenvalue weighted by atomic mass is 9.82. The van der Waals surface area contributed by atoms with Crippen LogP contribution in [0.3, 0.4) is 0 Å². The highest BCUT2D eigenvalue weighted by Crippen LogP contribution is 2.46. The van der Waals surface area contributed by atoms with Crippen LogP contribution < -0.4 is 0 Å². The van der Waals surface area contributed by atoms with Gasteiger partial charge in [0.1, 0.15) is 12.2 Å². The van der Waals surface area contributed by atoms with Crippen molar-refractivity contribution < 1.29 is 18.9 Å². The predicted molar refractivity (Wildman–Crippen MR) is 61.4 cm³/mol. The van der Waals surface area contributed by atoms with Crippen LogP contribution in [0.15, 0.2) is 0 Å². The first kappa shape index (κ1) is 11.9. The van der Waals surface area contributed by atoms with Crippen molar-refractivity contribution in [1.82, 2.24) is 0 Å². The lowest BCUT2D eigenvalue weighted by molar-refractivity contribution is -0.176. The average Bonchev–Trinajstić information content (AvgIpc) is 2.62. The fourth-order valence-electron chi connectivity index (χ4n) is 3.34. The molecule has 4 nitrogen and oxygen atoms in total. The molecule has 2 aliphatic heterocycles. The summed E-state index contributed by atoms with van der Waals surface area (Å²) in [4.78, 5) is 0. The molecule has 17 heavy (non-hydrogen) atoms. The first-order valence-corrected chi connectivity index (χ1v) is 6.49. The molecule has 0 N–H and O–H groups in total. The molecule has 0 aromatic rings. The Balaban J connectivity index is 1.86. The fraction of sp³-hybridized carbons (Fsp3) is 1.00. The third kappa shape index (κ3) is 1.91. The normalized spacial score (nSPS) is 51.0. The number of hydrogen-bond acceptors (Lipinski definition) is 4. The summed E-state index contributed by atoms with van der Waals surface area (Å²) >= 11 is 0. The second-order valence-corrected chi connectivity index (χ2v) is 6.42. The van der Waals surface area contributed by atoms with Gasteiger partial charge >= 0.3 is 0 Å². The zero-order valence-corrected chi connectivity index (χ0v) is 11.2. The largest absolute Gasteiger partial charge is 0.344 e. The standard InChI is InChI=1S/C13H22O4/c1-7-6-8-10(16-12(2,3)14-8)11-9(7)15-13(4,5)17-11/h7-11H,6H2,1-5H3/t7-,8-,9-,10-,11-/m1/s1. The molecule has 3 fully saturated rings. The molecule has 4 heteroatoms. The zero-order valence-electron chi connectivity index (χ0n) is 11.2. The summed E-state index contributed by atoms with van der Waals surface area (Å²) in [5.41, 5.74) is 0. The first-order chi connectivity index (χ1) is 7.77.